The van der Waals surface area contributed by atoms with Crippen LogP contribution in [0.4, 0.5) is 13.2 Å². The third-order valence-electron chi connectivity index (χ3n) is 4.69. The lowest BCUT2D eigenvalue weighted by molar-refractivity contribution is -0.127. The summed E-state index contributed by atoms with van der Waals surface area (Å²) in [4.78, 5) is 0. The molecule has 126 valence electrons. The van der Waals surface area contributed by atoms with Crippen LogP contribution in [0.5, 0.6) is 0 Å². The molecule has 0 spiro atoms. The van der Waals surface area contributed by atoms with Gasteiger partial charge in [-0.05, 0) is 42.2 Å². The first-order valence-electron chi connectivity index (χ1n) is 8.05. The molecule has 23 heavy (non-hydrogen) atoms. The van der Waals surface area contributed by atoms with Crippen LogP contribution in [0.2, 0.25) is 0 Å². The van der Waals surface area contributed by atoms with Crippen molar-refractivity contribution < 1.29 is 13.2 Å². The van der Waals surface area contributed by atoms with Crippen LogP contribution in [-0.2, 0) is 13.0 Å². The highest BCUT2D eigenvalue weighted by molar-refractivity contribution is 5.24. The molecule has 0 saturated heterocycles. The normalized spacial score (nSPS) is 25.1. The van der Waals surface area contributed by atoms with E-state index >= 15 is 0 Å². The molecule has 1 aliphatic carbocycles. The van der Waals surface area contributed by atoms with Crippen LogP contribution in [0.15, 0.2) is 24.3 Å². The summed E-state index contributed by atoms with van der Waals surface area (Å²) < 4.78 is 37.3. The Kier molecular flexibility index (Phi) is 5.69. The molecule has 0 atom stereocenters. The van der Waals surface area contributed by atoms with E-state index in [1.807, 2.05) is 6.07 Å². The van der Waals surface area contributed by atoms with Gasteiger partial charge in [0.15, 0.2) is 0 Å². The van der Waals surface area contributed by atoms with Crippen molar-refractivity contribution in [3.05, 3.63) is 35.4 Å². The molecule has 2 nitrogen and oxygen atoms in total. The molecule has 1 N–H and O–H groups in total. The van der Waals surface area contributed by atoms with Crippen LogP contribution in [0.25, 0.3) is 0 Å². The Balaban J connectivity index is 1.83. The fourth-order valence-electron chi connectivity index (χ4n) is 3.23. The second-order valence-electron chi connectivity index (χ2n) is 6.91. The molecule has 1 aromatic rings. The van der Waals surface area contributed by atoms with E-state index in [-0.39, 0.29) is 5.41 Å². The Bertz CT molecular complexity index is 552. The molecular formula is C18H23F3N2. The number of alkyl halides is 3. The summed E-state index contributed by atoms with van der Waals surface area (Å²) in [5.74, 6) is 0. The summed E-state index contributed by atoms with van der Waals surface area (Å²) in [5, 5.41) is 12.3. The van der Waals surface area contributed by atoms with Gasteiger partial charge in [-0.15, -0.1) is 0 Å². The Labute approximate surface area is 135 Å². The van der Waals surface area contributed by atoms with Gasteiger partial charge < -0.3 is 5.32 Å². The van der Waals surface area contributed by atoms with E-state index in [1.165, 1.54) is 6.07 Å². The maximum atomic E-state index is 12.4. The molecule has 1 aliphatic rings. The summed E-state index contributed by atoms with van der Waals surface area (Å²) in [5.41, 5.74) is 1.32. The molecule has 1 saturated carbocycles. The van der Waals surface area contributed by atoms with Crippen molar-refractivity contribution in [2.75, 3.05) is 0 Å². The fourth-order valence-corrected chi connectivity index (χ4v) is 3.23. The van der Waals surface area contributed by atoms with Crippen molar-refractivity contribution in [2.45, 2.75) is 64.2 Å². The Morgan fingerprint density at radius 3 is 2.52 bits per heavy atom. The largest absolute Gasteiger partial charge is 0.393 e. The van der Waals surface area contributed by atoms with E-state index in [2.05, 4.69) is 18.3 Å². The van der Waals surface area contributed by atoms with Gasteiger partial charge in [0.1, 0.15) is 0 Å². The van der Waals surface area contributed by atoms with Gasteiger partial charge in [0.05, 0.1) is 12.5 Å². The van der Waals surface area contributed by atoms with Crippen LogP contribution < -0.4 is 5.32 Å². The van der Waals surface area contributed by atoms with Crippen molar-refractivity contribution in [2.24, 2.45) is 5.41 Å². The third kappa shape index (κ3) is 5.87. The quantitative estimate of drug-likeness (QED) is 0.849. The number of nitrogens with zero attached hydrogens (tertiary/aromatic N) is 1. The lowest BCUT2D eigenvalue weighted by atomic mass is 9.72. The van der Waals surface area contributed by atoms with E-state index in [4.69, 9.17) is 5.26 Å². The zero-order valence-electron chi connectivity index (χ0n) is 13.4. The standard InChI is InChI=1S/C18H23F3N2/c1-17(9-10-22)7-5-16(6-8-17)23-13-15-4-2-3-14(11-15)12-18(19,20)21/h2-4,11,16,23H,5-9,12-13H2,1H3. The number of nitrogens with one attached hydrogen (secondary N) is 1. The van der Waals surface area contributed by atoms with Gasteiger partial charge in [0.2, 0.25) is 0 Å². The minimum Gasteiger partial charge on any atom is -0.310 e. The number of hydrogen-bond donors (Lipinski definition) is 1. The molecule has 0 aromatic heterocycles. The maximum absolute atomic E-state index is 12.4. The summed E-state index contributed by atoms with van der Waals surface area (Å²) in [7, 11) is 0. The number of benzene rings is 1. The summed E-state index contributed by atoms with van der Waals surface area (Å²) in [6.07, 6.45) is -0.379. The number of hydrogen-bond acceptors (Lipinski definition) is 2. The van der Waals surface area contributed by atoms with E-state index in [1.54, 1.807) is 12.1 Å². The van der Waals surface area contributed by atoms with Gasteiger partial charge in [-0.1, -0.05) is 31.2 Å². The summed E-state index contributed by atoms with van der Waals surface area (Å²) >= 11 is 0. The third-order valence-corrected chi connectivity index (χ3v) is 4.69. The molecule has 1 fully saturated rings. The van der Waals surface area contributed by atoms with Crippen LogP contribution in [0.3, 0.4) is 0 Å². The minimum atomic E-state index is -4.17. The molecule has 0 aliphatic heterocycles. The Morgan fingerprint density at radius 1 is 1.26 bits per heavy atom. The highest BCUT2D eigenvalue weighted by Gasteiger charge is 2.30. The lowest BCUT2D eigenvalue weighted by Crippen LogP contribution is -2.36. The fraction of sp³-hybridized carbons (Fsp3) is 0.611. The van der Waals surface area contributed by atoms with Crippen LogP contribution in [0, 0.1) is 16.7 Å². The number of nitriles is 1. The molecule has 0 heterocycles. The first-order valence-corrected chi connectivity index (χ1v) is 8.05. The first kappa shape index (κ1) is 17.8. The molecule has 5 heteroatoms. The van der Waals surface area contributed by atoms with Gasteiger partial charge in [-0.3, -0.25) is 0 Å². The average molecular weight is 324 g/mol. The van der Waals surface area contributed by atoms with Crippen molar-refractivity contribution in [1.29, 1.82) is 5.26 Å². The van der Waals surface area contributed by atoms with Gasteiger partial charge in [-0.25, -0.2) is 0 Å². The number of halogens is 3. The first-order chi connectivity index (χ1) is 10.8. The second-order valence-corrected chi connectivity index (χ2v) is 6.91. The van der Waals surface area contributed by atoms with Gasteiger partial charge in [-0.2, -0.15) is 18.4 Å². The van der Waals surface area contributed by atoms with Crippen LogP contribution in [-0.4, -0.2) is 12.2 Å². The predicted molar refractivity (Wildman–Crippen MR) is 83.6 cm³/mol. The summed E-state index contributed by atoms with van der Waals surface area (Å²) in [6.45, 7) is 2.75. The molecular weight excluding hydrogens is 301 g/mol. The van der Waals surface area contributed by atoms with Crippen LogP contribution >= 0.6 is 0 Å². The Morgan fingerprint density at radius 2 is 1.91 bits per heavy atom. The average Bonchev–Trinajstić information content (AvgIpc) is 2.45. The molecule has 0 radical (unpaired) electrons. The second kappa shape index (κ2) is 7.35. The maximum Gasteiger partial charge on any atom is 0.393 e. The highest BCUT2D eigenvalue weighted by atomic mass is 19.4. The van der Waals surface area contributed by atoms with Gasteiger partial charge in [0, 0.05) is 19.0 Å². The SMILES string of the molecule is CC1(CC#N)CCC(NCc2cccc(CC(F)(F)F)c2)CC1. The molecule has 1 aromatic carbocycles. The molecule has 0 bridgehead atoms. The minimum absolute atomic E-state index is 0.125. The monoisotopic (exact) mass is 324 g/mol. The lowest BCUT2D eigenvalue weighted by Gasteiger charge is -2.36. The molecule has 0 unspecified atom stereocenters. The van der Waals surface area contributed by atoms with Crippen molar-refractivity contribution in [1.82, 2.24) is 5.32 Å². The molecule has 0 amide bonds. The van der Waals surface area contributed by atoms with E-state index in [9.17, 15) is 13.2 Å². The smallest absolute Gasteiger partial charge is 0.310 e. The van der Waals surface area contributed by atoms with Gasteiger partial charge in [0.25, 0.3) is 0 Å². The van der Waals surface area contributed by atoms with Crippen molar-refractivity contribution >= 4 is 0 Å². The van der Waals surface area contributed by atoms with E-state index < -0.39 is 12.6 Å². The zero-order chi connectivity index (χ0) is 16.9. The van der Waals surface area contributed by atoms with Crippen molar-refractivity contribution in [3.63, 3.8) is 0 Å². The summed E-state index contributed by atoms with van der Waals surface area (Å²) in [6, 6.07) is 9.33. The van der Waals surface area contributed by atoms with Crippen LogP contribution in [0.1, 0.15) is 50.2 Å². The van der Waals surface area contributed by atoms with E-state index in [0.717, 1.165) is 31.2 Å². The highest BCUT2D eigenvalue weighted by Crippen LogP contribution is 2.38. The van der Waals surface area contributed by atoms with E-state index in [0.29, 0.717) is 24.6 Å². The number of rotatable bonds is 5. The van der Waals surface area contributed by atoms with Gasteiger partial charge >= 0.3 is 6.18 Å². The zero-order valence-corrected chi connectivity index (χ0v) is 13.4. The Hall–Kier alpha value is -1.54. The predicted octanol–water partition coefficient (Wildman–Crippen LogP) is 4.74. The topological polar surface area (TPSA) is 35.8 Å². The van der Waals surface area contributed by atoms with Crippen molar-refractivity contribution in [3.8, 4) is 6.07 Å². The molecule has 2 rings (SSSR count).